The molecule has 0 amide bonds. The molecule has 8 heteroatoms. The fraction of sp³-hybridized carbons (Fsp3) is 0.393. The predicted octanol–water partition coefficient (Wildman–Crippen LogP) is 5.52. The predicted molar refractivity (Wildman–Crippen MR) is 148 cm³/mol. The van der Waals surface area contributed by atoms with Crippen LogP contribution in [-0.2, 0) is 12.5 Å². The molecule has 6 rings (SSSR count). The second-order valence-corrected chi connectivity index (χ2v) is 11.0. The van der Waals surface area contributed by atoms with Crippen molar-refractivity contribution in [2.24, 2.45) is 13.0 Å². The maximum atomic E-state index is 5.33. The van der Waals surface area contributed by atoms with E-state index in [4.69, 9.17) is 4.74 Å². The smallest absolute Gasteiger partial charge is 0.191 e. The number of halogens is 1. The lowest BCUT2D eigenvalue weighted by atomic mass is 9.95. The van der Waals surface area contributed by atoms with Gasteiger partial charge in [0.1, 0.15) is 5.75 Å². The number of ether oxygens (including phenoxy) is 1. The third-order valence-electron chi connectivity index (χ3n) is 7.68. The van der Waals surface area contributed by atoms with E-state index in [0.29, 0.717) is 5.41 Å². The first kappa shape index (κ1) is 25.1. The van der Waals surface area contributed by atoms with Gasteiger partial charge in [0.2, 0.25) is 0 Å². The lowest BCUT2D eigenvalue weighted by Gasteiger charge is -2.21. The van der Waals surface area contributed by atoms with Crippen molar-refractivity contribution in [3.63, 3.8) is 0 Å². The Balaban J connectivity index is 0.00000267. The molecule has 1 saturated carbocycles. The number of nitrogens with zero attached hydrogens (tertiary/aromatic N) is 5. The Hall–Kier alpha value is -2.61. The molecule has 6 nitrogen and oxygen atoms in total. The van der Waals surface area contributed by atoms with Crippen LogP contribution in [-0.4, -0.2) is 57.1 Å². The number of hydrogen-bond acceptors (Lipinski definition) is 6. The maximum absolute atomic E-state index is 5.33. The van der Waals surface area contributed by atoms with E-state index in [2.05, 4.69) is 80.2 Å². The number of fused-ring (bicyclic) bond motifs is 2. The summed E-state index contributed by atoms with van der Waals surface area (Å²) >= 11 is 1.80. The minimum atomic E-state index is 0. The van der Waals surface area contributed by atoms with Gasteiger partial charge in [-0.1, -0.05) is 42.1 Å². The molecule has 2 atom stereocenters. The molecule has 3 heterocycles. The highest BCUT2D eigenvalue weighted by molar-refractivity contribution is 7.99. The number of methoxy groups -OCH3 is 1. The van der Waals surface area contributed by atoms with E-state index in [1.807, 2.05) is 13.0 Å². The van der Waals surface area contributed by atoms with Crippen LogP contribution in [0.5, 0.6) is 5.75 Å². The molecule has 188 valence electrons. The summed E-state index contributed by atoms with van der Waals surface area (Å²) in [5, 5.41) is 11.1. The van der Waals surface area contributed by atoms with Crippen LogP contribution in [0.4, 0.5) is 0 Å². The summed E-state index contributed by atoms with van der Waals surface area (Å²) in [6.07, 6.45) is 2.48. The van der Waals surface area contributed by atoms with Gasteiger partial charge in [0.25, 0.3) is 0 Å². The number of hydrogen-bond donors (Lipinski definition) is 0. The Bertz CT molecular complexity index is 1370. The summed E-state index contributed by atoms with van der Waals surface area (Å²) < 4.78 is 7.45. The molecule has 1 aliphatic carbocycles. The largest absolute Gasteiger partial charge is 0.497 e. The van der Waals surface area contributed by atoms with Crippen molar-refractivity contribution in [3.05, 3.63) is 65.9 Å². The fourth-order valence-corrected chi connectivity index (χ4v) is 6.54. The molecule has 1 saturated heterocycles. The fourth-order valence-electron chi connectivity index (χ4n) is 5.71. The first-order valence-corrected chi connectivity index (χ1v) is 13.3. The normalized spacial score (nSPS) is 20.8. The van der Waals surface area contributed by atoms with Gasteiger partial charge in [-0.25, -0.2) is 0 Å². The highest BCUT2D eigenvalue weighted by Crippen LogP contribution is 2.59. The first-order chi connectivity index (χ1) is 17.1. The van der Waals surface area contributed by atoms with Gasteiger partial charge in [0.05, 0.1) is 12.6 Å². The zero-order chi connectivity index (χ0) is 24.0. The van der Waals surface area contributed by atoms with Crippen molar-refractivity contribution in [3.8, 4) is 17.1 Å². The molecule has 2 aromatic carbocycles. The van der Waals surface area contributed by atoms with Crippen LogP contribution in [0.2, 0.25) is 0 Å². The number of likely N-dealkylation sites (tertiary alicyclic amines) is 1. The van der Waals surface area contributed by atoms with Gasteiger partial charge in [-0.05, 0) is 62.1 Å². The summed E-state index contributed by atoms with van der Waals surface area (Å²) in [6.45, 7) is 5.56. The van der Waals surface area contributed by atoms with Crippen LogP contribution in [0.25, 0.3) is 22.3 Å². The molecule has 1 unspecified atom stereocenters. The topological polar surface area (TPSA) is 56.1 Å². The van der Waals surface area contributed by atoms with Crippen LogP contribution < -0.4 is 4.74 Å². The quantitative estimate of drug-likeness (QED) is 0.224. The Morgan fingerprint density at radius 1 is 1.08 bits per heavy atom. The van der Waals surface area contributed by atoms with Crippen LogP contribution >= 0.6 is 24.2 Å². The van der Waals surface area contributed by atoms with Crippen molar-refractivity contribution in [2.75, 3.05) is 32.5 Å². The van der Waals surface area contributed by atoms with Crippen LogP contribution in [0.1, 0.15) is 24.1 Å². The van der Waals surface area contributed by atoms with Crippen molar-refractivity contribution < 1.29 is 4.74 Å². The third-order valence-corrected chi connectivity index (χ3v) is 8.78. The molecule has 0 radical (unpaired) electrons. The number of benzene rings is 2. The van der Waals surface area contributed by atoms with Gasteiger partial charge in [-0.15, -0.1) is 22.6 Å². The first-order valence-electron chi connectivity index (χ1n) is 12.3. The molecule has 2 fully saturated rings. The van der Waals surface area contributed by atoms with Crippen molar-refractivity contribution in [2.45, 2.75) is 30.3 Å². The van der Waals surface area contributed by atoms with Gasteiger partial charge in [-0.2, -0.15) is 0 Å². The molecule has 1 aliphatic heterocycles. The minimum Gasteiger partial charge on any atom is -0.497 e. The standard InChI is InChI=1S/C28H31N5OS.ClH/c1-19-8-13-23-24(6-4-7-25(23)29-19)26-30-31-27(32(26)2)35-15-5-14-33-17-21-16-28(21,18-33)20-9-11-22(34-3)12-10-20;/h4,6-13,21H,5,14-18H2,1-3H3;1H/t21-,28?;/m1./s1. The third kappa shape index (κ3) is 4.49. The van der Waals surface area contributed by atoms with Gasteiger partial charge < -0.3 is 14.2 Å². The van der Waals surface area contributed by atoms with E-state index in [-0.39, 0.29) is 12.4 Å². The highest BCUT2D eigenvalue weighted by atomic mass is 35.5. The molecule has 0 N–H and O–H groups in total. The Labute approximate surface area is 222 Å². The second-order valence-electron chi connectivity index (χ2n) is 9.91. The van der Waals surface area contributed by atoms with E-state index in [9.17, 15) is 0 Å². The van der Waals surface area contributed by atoms with Crippen LogP contribution in [0.15, 0.2) is 59.8 Å². The molecular formula is C28H32ClN5OS. The van der Waals surface area contributed by atoms with Crippen molar-refractivity contribution in [1.82, 2.24) is 24.6 Å². The van der Waals surface area contributed by atoms with Gasteiger partial charge in [0, 0.05) is 47.9 Å². The van der Waals surface area contributed by atoms with E-state index < -0.39 is 0 Å². The van der Waals surface area contributed by atoms with E-state index in [0.717, 1.165) is 63.5 Å². The van der Waals surface area contributed by atoms with E-state index in [1.54, 1.807) is 18.9 Å². The van der Waals surface area contributed by atoms with E-state index >= 15 is 0 Å². The zero-order valence-corrected chi connectivity index (χ0v) is 22.6. The summed E-state index contributed by atoms with van der Waals surface area (Å²) in [5.74, 6) is 3.68. The lowest BCUT2D eigenvalue weighted by Crippen LogP contribution is -2.27. The van der Waals surface area contributed by atoms with Crippen LogP contribution in [0.3, 0.4) is 0 Å². The average Bonchev–Trinajstić information content (AvgIpc) is 3.25. The summed E-state index contributed by atoms with van der Waals surface area (Å²) in [6, 6.07) is 19.1. The number of aryl methyl sites for hydroxylation is 1. The molecule has 2 aromatic heterocycles. The molecule has 2 aliphatic rings. The molecule has 0 spiro atoms. The second kappa shape index (κ2) is 10.0. The number of pyridine rings is 1. The SMILES string of the molecule is COc1ccc(C23C[C@@H]2CN(CCCSc2nnc(-c4cccc5nc(C)ccc45)n2C)C3)cc1.Cl. The highest BCUT2D eigenvalue weighted by Gasteiger charge is 2.60. The molecular weight excluding hydrogens is 490 g/mol. The minimum absolute atomic E-state index is 0. The van der Waals surface area contributed by atoms with Crippen molar-refractivity contribution >= 4 is 35.1 Å². The molecule has 0 bridgehead atoms. The van der Waals surface area contributed by atoms with Crippen LogP contribution in [0, 0.1) is 12.8 Å². The number of piperidine rings is 1. The Morgan fingerprint density at radius 2 is 1.92 bits per heavy atom. The number of aromatic nitrogens is 4. The zero-order valence-electron chi connectivity index (χ0n) is 21.0. The summed E-state index contributed by atoms with van der Waals surface area (Å²) in [7, 11) is 3.79. The Kier molecular flexibility index (Phi) is 6.99. The van der Waals surface area contributed by atoms with Gasteiger partial charge in [-0.3, -0.25) is 4.98 Å². The summed E-state index contributed by atoms with van der Waals surface area (Å²) in [5.41, 5.74) is 4.96. The maximum Gasteiger partial charge on any atom is 0.191 e. The Morgan fingerprint density at radius 3 is 2.72 bits per heavy atom. The van der Waals surface area contributed by atoms with Gasteiger partial charge >= 0.3 is 0 Å². The number of rotatable bonds is 8. The van der Waals surface area contributed by atoms with Gasteiger partial charge in [0.15, 0.2) is 11.0 Å². The number of thioether (sulfide) groups is 1. The average molecular weight is 522 g/mol. The van der Waals surface area contributed by atoms with E-state index in [1.165, 1.54) is 25.1 Å². The lowest BCUT2D eigenvalue weighted by molar-refractivity contribution is 0.299. The monoisotopic (exact) mass is 521 g/mol. The van der Waals surface area contributed by atoms with Crippen molar-refractivity contribution in [1.29, 1.82) is 0 Å². The summed E-state index contributed by atoms with van der Waals surface area (Å²) in [4.78, 5) is 7.31. The molecule has 36 heavy (non-hydrogen) atoms. The molecule has 4 aromatic rings.